The first kappa shape index (κ1) is 19.0. The molecule has 0 aliphatic rings. The van der Waals surface area contributed by atoms with E-state index in [4.69, 9.17) is 11.6 Å². The monoisotopic (exact) mass is 380 g/mol. The number of benzene rings is 1. The van der Waals surface area contributed by atoms with Gasteiger partial charge in [-0.25, -0.2) is 13.8 Å². The van der Waals surface area contributed by atoms with Crippen molar-refractivity contribution in [2.45, 2.75) is 11.8 Å². The van der Waals surface area contributed by atoms with Crippen LogP contribution in [0.1, 0.15) is 12.5 Å². The lowest BCUT2D eigenvalue weighted by Gasteiger charge is -2.16. The summed E-state index contributed by atoms with van der Waals surface area (Å²) in [6.07, 6.45) is 3.24. The van der Waals surface area contributed by atoms with Gasteiger partial charge in [0.2, 0.25) is 10.0 Å². The molecule has 1 N–H and O–H groups in total. The molecule has 0 aliphatic carbocycles. The highest BCUT2D eigenvalue weighted by molar-refractivity contribution is 7.89. The lowest BCUT2D eigenvalue weighted by molar-refractivity contribution is -0.121. The fourth-order valence-corrected chi connectivity index (χ4v) is 3.15. The first-order valence-electron chi connectivity index (χ1n) is 7.26. The van der Waals surface area contributed by atoms with Gasteiger partial charge < -0.3 is 0 Å². The average Bonchev–Trinajstić information content (AvgIpc) is 2.60. The number of nitrogens with zero attached hydrogens (tertiary/aromatic N) is 3. The first-order valence-corrected chi connectivity index (χ1v) is 9.08. The van der Waals surface area contributed by atoms with Crippen LogP contribution in [0.4, 0.5) is 0 Å². The zero-order valence-electron chi connectivity index (χ0n) is 13.7. The van der Waals surface area contributed by atoms with E-state index < -0.39 is 15.9 Å². The highest BCUT2D eigenvalue weighted by Crippen LogP contribution is 2.17. The van der Waals surface area contributed by atoms with Crippen LogP contribution in [0.15, 0.2) is 58.8 Å². The van der Waals surface area contributed by atoms with Crippen molar-refractivity contribution in [1.29, 1.82) is 0 Å². The molecule has 1 amide bonds. The second-order valence-electron chi connectivity index (χ2n) is 5.19. The normalized spacial score (nSPS) is 12.2. The molecule has 0 atom stereocenters. The van der Waals surface area contributed by atoms with Gasteiger partial charge in [-0.15, -0.1) is 0 Å². The van der Waals surface area contributed by atoms with Crippen molar-refractivity contribution >= 4 is 33.2 Å². The van der Waals surface area contributed by atoms with Gasteiger partial charge in [0.1, 0.15) is 0 Å². The number of aromatic nitrogens is 1. The number of hydrogen-bond acceptors (Lipinski definition) is 5. The molecule has 25 heavy (non-hydrogen) atoms. The van der Waals surface area contributed by atoms with Gasteiger partial charge in [-0.2, -0.15) is 9.41 Å². The Morgan fingerprint density at radius 3 is 2.56 bits per heavy atom. The van der Waals surface area contributed by atoms with E-state index in [-0.39, 0.29) is 11.4 Å². The predicted octanol–water partition coefficient (Wildman–Crippen LogP) is 1.90. The zero-order valence-corrected chi connectivity index (χ0v) is 15.3. The number of hydrazone groups is 1. The van der Waals surface area contributed by atoms with Crippen molar-refractivity contribution in [1.82, 2.24) is 14.7 Å². The quantitative estimate of drug-likeness (QED) is 0.612. The molecule has 0 radical (unpaired) electrons. The van der Waals surface area contributed by atoms with Crippen molar-refractivity contribution in [3.63, 3.8) is 0 Å². The van der Waals surface area contributed by atoms with E-state index in [9.17, 15) is 13.2 Å². The number of nitrogens with one attached hydrogen (secondary N) is 1. The number of rotatable bonds is 6. The molecule has 2 aromatic rings. The lowest BCUT2D eigenvalue weighted by atomic mass is 10.2. The predicted molar refractivity (Wildman–Crippen MR) is 95.9 cm³/mol. The molecule has 0 aliphatic heterocycles. The number of carbonyl (C=O) groups excluding carboxylic acids is 1. The maximum Gasteiger partial charge on any atom is 0.255 e. The molecular weight excluding hydrogens is 364 g/mol. The summed E-state index contributed by atoms with van der Waals surface area (Å²) < 4.78 is 25.7. The van der Waals surface area contributed by atoms with Gasteiger partial charge in [0.25, 0.3) is 5.91 Å². The third-order valence-electron chi connectivity index (χ3n) is 3.32. The van der Waals surface area contributed by atoms with Crippen LogP contribution in [-0.2, 0) is 14.8 Å². The molecule has 0 saturated heterocycles. The Labute approximate surface area is 151 Å². The Hall–Kier alpha value is -2.29. The van der Waals surface area contributed by atoms with Crippen molar-refractivity contribution in [3.05, 3.63) is 59.4 Å². The summed E-state index contributed by atoms with van der Waals surface area (Å²) in [4.78, 5) is 16.0. The van der Waals surface area contributed by atoms with Crippen molar-refractivity contribution < 1.29 is 13.2 Å². The van der Waals surface area contributed by atoms with Gasteiger partial charge >= 0.3 is 0 Å². The van der Waals surface area contributed by atoms with E-state index in [1.807, 2.05) is 0 Å². The topological polar surface area (TPSA) is 91.7 Å². The van der Waals surface area contributed by atoms with Gasteiger partial charge in [-0.05, 0) is 37.3 Å². The highest BCUT2D eigenvalue weighted by Gasteiger charge is 2.22. The summed E-state index contributed by atoms with van der Waals surface area (Å²) in [7, 11) is -2.47. The summed E-state index contributed by atoms with van der Waals surface area (Å²) in [5.41, 5.74) is 3.65. The van der Waals surface area contributed by atoms with E-state index in [0.717, 1.165) is 9.87 Å². The lowest BCUT2D eigenvalue weighted by Crippen LogP contribution is -2.36. The fourth-order valence-electron chi connectivity index (χ4n) is 1.90. The molecule has 1 aromatic heterocycles. The summed E-state index contributed by atoms with van der Waals surface area (Å²) in [6, 6.07) is 9.28. The van der Waals surface area contributed by atoms with Crippen LogP contribution in [0.5, 0.6) is 0 Å². The summed E-state index contributed by atoms with van der Waals surface area (Å²) >= 11 is 5.76. The van der Waals surface area contributed by atoms with Crippen molar-refractivity contribution in [2.75, 3.05) is 13.6 Å². The van der Waals surface area contributed by atoms with Gasteiger partial charge in [0.15, 0.2) is 0 Å². The van der Waals surface area contributed by atoms with Crippen LogP contribution in [0.25, 0.3) is 0 Å². The third-order valence-corrected chi connectivity index (χ3v) is 5.39. The maximum absolute atomic E-state index is 12.4. The minimum atomic E-state index is -3.79. The van der Waals surface area contributed by atoms with E-state index >= 15 is 0 Å². The van der Waals surface area contributed by atoms with Crippen molar-refractivity contribution in [3.8, 4) is 0 Å². The van der Waals surface area contributed by atoms with E-state index in [1.54, 1.807) is 31.5 Å². The molecule has 1 heterocycles. The van der Waals surface area contributed by atoms with E-state index in [1.165, 1.54) is 31.3 Å². The molecular formula is C16H17ClN4O3S. The highest BCUT2D eigenvalue weighted by atomic mass is 35.5. The molecule has 1 aromatic carbocycles. The smallest absolute Gasteiger partial charge is 0.255 e. The van der Waals surface area contributed by atoms with Crippen molar-refractivity contribution in [2.24, 2.45) is 5.10 Å². The van der Waals surface area contributed by atoms with Crippen LogP contribution in [0.3, 0.4) is 0 Å². The molecule has 0 saturated carbocycles. The van der Waals surface area contributed by atoms with Gasteiger partial charge in [0, 0.05) is 30.0 Å². The molecule has 9 heteroatoms. The SMILES string of the molecule is C/C(=N/NC(=O)CN(C)S(=O)(=O)c1ccc(Cl)cc1)c1cccnc1. The number of halogens is 1. The minimum absolute atomic E-state index is 0.0576. The van der Waals surface area contributed by atoms with Crippen LogP contribution in [0.2, 0.25) is 5.02 Å². The molecule has 0 unspecified atom stereocenters. The molecule has 2 rings (SSSR count). The molecule has 0 fully saturated rings. The summed E-state index contributed by atoms with van der Waals surface area (Å²) in [6.45, 7) is 1.35. The molecule has 0 spiro atoms. The Morgan fingerprint density at radius 1 is 1.28 bits per heavy atom. The Kier molecular flexibility index (Phi) is 6.24. The number of hydrogen-bond donors (Lipinski definition) is 1. The Morgan fingerprint density at radius 2 is 1.96 bits per heavy atom. The maximum atomic E-state index is 12.4. The minimum Gasteiger partial charge on any atom is -0.272 e. The average molecular weight is 381 g/mol. The molecule has 0 bridgehead atoms. The fraction of sp³-hybridized carbons (Fsp3) is 0.188. The summed E-state index contributed by atoms with van der Waals surface area (Å²) in [5.74, 6) is -0.553. The number of likely N-dealkylation sites (N-methyl/N-ethyl adjacent to an activating group) is 1. The van der Waals surface area contributed by atoms with Crippen LogP contribution in [-0.4, -0.2) is 42.9 Å². The molecule has 132 valence electrons. The number of pyridine rings is 1. The van der Waals surface area contributed by atoms with Gasteiger partial charge in [-0.1, -0.05) is 17.7 Å². The second kappa shape index (κ2) is 8.19. The van der Waals surface area contributed by atoms with E-state index in [0.29, 0.717) is 10.7 Å². The zero-order chi connectivity index (χ0) is 18.4. The van der Waals surface area contributed by atoms with Crippen LogP contribution < -0.4 is 5.43 Å². The summed E-state index contributed by atoms with van der Waals surface area (Å²) in [5, 5.41) is 4.38. The van der Waals surface area contributed by atoms with E-state index in [2.05, 4.69) is 15.5 Å². The van der Waals surface area contributed by atoms with Crippen LogP contribution >= 0.6 is 11.6 Å². The largest absolute Gasteiger partial charge is 0.272 e. The van der Waals surface area contributed by atoms with Gasteiger partial charge in [-0.3, -0.25) is 9.78 Å². The second-order valence-corrected chi connectivity index (χ2v) is 7.67. The number of sulfonamides is 1. The Balaban J connectivity index is 2.01. The third kappa shape index (κ3) is 5.09. The Bertz CT molecular complexity index is 868. The number of amides is 1. The first-order chi connectivity index (χ1) is 11.8. The van der Waals surface area contributed by atoms with Gasteiger partial charge in [0.05, 0.1) is 17.2 Å². The number of carbonyl (C=O) groups is 1. The van der Waals surface area contributed by atoms with Crippen LogP contribution in [0, 0.1) is 0 Å². The standard InChI is InChI=1S/C16H17ClN4O3S/c1-12(13-4-3-9-18-10-13)19-20-16(22)11-21(2)25(23,24)15-7-5-14(17)6-8-15/h3-10H,11H2,1-2H3,(H,20,22)/b19-12-. The molecule has 7 nitrogen and oxygen atoms in total.